The predicted molar refractivity (Wildman–Crippen MR) is 100 cm³/mol. The lowest BCUT2D eigenvalue weighted by molar-refractivity contribution is 0.101. The SMILES string of the molecule is O=C1N=Cc2c(Cl)c(Cl)c(Cl)c(Cl)c21.c1ccc2ncccc2c1. The Morgan fingerprint density at radius 3 is 2.21 bits per heavy atom. The Labute approximate surface area is 157 Å². The van der Waals surface area contributed by atoms with Crippen molar-refractivity contribution in [2.75, 3.05) is 0 Å². The number of fused-ring (bicyclic) bond motifs is 2. The molecular formula is C17H8Cl4N2O. The van der Waals surface area contributed by atoms with E-state index in [1.165, 1.54) is 11.6 Å². The first-order chi connectivity index (χ1) is 11.5. The first-order valence-corrected chi connectivity index (χ1v) is 8.26. The zero-order chi connectivity index (χ0) is 17.3. The molecule has 120 valence electrons. The summed E-state index contributed by atoms with van der Waals surface area (Å²) in [6.45, 7) is 0. The van der Waals surface area contributed by atoms with Crippen molar-refractivity contribution in [3.8, 4) is 0 Å². The van der Waals surface area contributed by atoms with E-state index in [2.05, 4.69) is 22.1 Å². The Morgan fingerprint density at radius 1 is 0.792 bits per heavy atom. The molecular weight excluding hydrogens is 390 g/mol. The first kappa shape index (κ1) is 17.2. The molecule has 3 aromatic rings. The Kier molecular flexibility index (Phi) is 5.07. The van der Waals surface area contributed by atoms with E-state index in [0.29, 0.717) is 5.56 Å². The lowest BCUT2D eigenvalue weighted by Crippen LogP contribution is -1.96. The van der Waals surface area contributed by atoms with Crippen LogP contribution in [0.1, 0.15) is 15.9 Å². The Balaban J connectivity index is 0.000000149. The van der Waals surface area contributed by atoms with E-state index in [1.54, 1.807) is 0 Å². The zero-order valence-electron chi connectivity index (χ0n) is 11.9. The molecule has 0 atom stereocenters. The minimum atomic E-state index is -0.453. The van der Waals surface area contributed by atoms with Crippen LogP contribution in [0.3, 0.4) is 0 Å². The number of carbonyl (C=O) groups is 1. The van der Waals surface area contributed by atoms with Crippen molar-refractivity contribution in [3.05, 3.63) is 73.8 Å². The molecule has 0 fully saturated rings. The van der Waals surface area contributed by atoms with E-state index in [0.717, 1.165) is 5.52 Å². The first-order valence-electron chi connectivity index (χ1n) is 6.75. The van der Waals surface area contributed by atoms with E-state index in [4.69, 9.17) is 46.4 Å². The topological polar surface area (TPSA) is 42.3 Å². The molecule has 4 rings (SSSR count). The fourth-order valence-corrected chi connectivity index (χ4v) is 3.18. The summed E-state index contributed by atoms with van der Waals surface area (Å²) in [5, 5.41) is 1.71. The highest BCUT2D eigenvalue weighted by Crippen LogP contribution is 2.42. The average molecular weight is 398 g/mol. The van der Waals surface area contributed by atoms with Crippen LogP contribution in [-0.2, 0) is 0 Å². The Hall–Kier alpha value is -1.65. The highest BCUT2D eigenvalue weighted by molar-refractivity contribution is 6.54. The van der Waals surface area contributed by atoms with Crippen LogP contribution in [0.4, 0.5) is 0 Å². The quantitative estimate of drug-likeness (QED) is 0.339. The van der Waals surface area contributed by atoms with E-state index in [1.807, 2.05) is 30.5 Å². The molecule has 7 heteroatoms. The van der Waals surface area contributed by atoms with Gasteiger partial charge in [-0.1, -0.05) is 70.7 Å². The summed E-state index contributed by atoms with van der Waals surface area (Å²) < 4.78 is 0. The van der Waals surface area contributed by atoms with Crippen LogP contribution in [0.15, 0.2) is 47.6 Å². The molecule has 1 aromatic heterocycles. The normalized spacial score (nSPS) is 12.1. The average Bonchev–Trinajstić information content (AvgIpc) is 3.00. The van der Waals surface area contributed by atoms with Crippen LogP contribution in [0.5, 0.6) is 0 Å². The van der Waals surface area contributed by atoms with Crippen LogP contribution >= 0.6 is 46.4 Å². The van der Waals surface area contributed by atoms with Crippen LogP contribution in [0.25, 0.3) is 10.9 Å². The highest BCUT2D eigenvalue weighted by atomic mass is 35.5. The number of hydrogen-bond acceptors (Lipinski definition) is 2. The molecule has 0 unspecified atom stereocenters. The van der Waals surface area contributed by atoms with Crippen molar-refractivity contribution in [2.24, 2.45) is 4.99 Å². The molecule has 0 spiro atoms. The van der Waals surface area contributed by atoms with Gasteiger partial charge in [0.15, 0.2) is 0 Å². The summed E-state index contributed by atoms with van der Waals surface area (Å²) >= 11 is 23.3. The smallest absolute Gasteiger partial charge is 0.267 e. The van der Waals surface area contributed by atoms with E-state index in [-0.39, 0.29) is 25.7 Å². The maximum absolute atomic E-state index is 11.3. The van der Waals surface area contributed by atoms with E-state index < -0.39 is 5.91 Å². The second-order valence-electron chi connectivity index (χ2n) is 4.80. The fourth-order valence-electron chi connectivity index (χ4n) is 2.18. The van der Waals surface area contributed by atoms with Gasteiger partial charge in [0.05, 0.1) is 31.2 Å². The van der Waals surface area contributed by atoms with Gasteiger partial charge in [-0.05, 0) is 12.1 Å². The Bertz CT molecular complexity index is 920. The van der Waals surface area contributed by atoms with E-state index in [9.17, 15) is 4.79 Å². The number of para-hydroxylation sites is 1. The van der Waals surface area contributed by atoms with E-state index >= 15 is 0 Å². The van der Waals surface area contributed by atoms with Gasteiger partial charge in [-0.25, -0.2) is 4.99 Å². The maximum Gasteiger partial charge on any atom is 0.279 e. The number of aromatic nitrogens is 1. The molecule has 1 aliphatic rings. The second kappa shape index (κ2) is 7.08. The van der Waals surface area contributed by atoms with Gasteiger partial charge in [-0.15, -0.1) is 0 Å². The van der Waals surface area contributed by atoms with Gasteiger partial charge < -0.3 is 0 Å². The van der Waals surface area contributed by atoms with Crippen molar-refractivity contribution in [1.29, 1.82) is 0 Å². The number of hydrogen-bond donors (Lipinski definition) is 0. The summed E-state index contributed by atoms with van der Waals surface area (Å²) in [7, 11) is 0. The summed E-state index contributed by atoms with van der Waals surface area (Å²) in [5.74, 6) is -0.453. The van der Waals surface area contributed by atoms with Gasteiger partial charge in [0, 0.05) is 23.4 Å². The highest BCUT2D eigenvalue weighted by Gasteiger charge is 2.26. The Morgan fingerprint density at radius 2 is 1.46 bits per heavy atom. The van der Waals surface area contributed by atoms with Crippen molar-refractivity contribution >= 4 is 69.4 Å². The van der Waals surface area contributed by atoms with Gasteiger partial charge in [-0.3, -0.25) is 9.78 Å². The van der Waals surface area contributed by atoms with Crippen molar-refractivity contribution < 1.29 is 4.79 Å². The summed E-state index contributed by atoms with van der Waals surface area (Å²) in [6.07, 6.45) is 3.14. The molecule has 3 nitrogen and oxygen atoms in total. The summed E-state index contributed by atoms with van der Waals surface area (Å²) in [6, 6.07) is 12.1. The van der Waals surface area contributed by atoms with Crippen LogP contribution in [0.2, 0.25) is 20.1 Å². The zero-order valence-corrected chi connectivity index (χ0v) is 15.0. The van der Waals surface area contributed by atoms with Crippen molar-refractivity contribution in [2.45, 2.75) is 0 Å². The summed E-state index contributed by atoms with van der Waals surface area (Å²) in [5.41, 5.74) is 1.70. The molecule has 0 aliphatic carbocycles. The lowest BCUT2D eigenvalue weighted by atomic mass is 10.1. The minimum absolute atomic E-state index is 0.0796. The van der Waals surface area contributed by atoms with Gasteiger partial charge in [0.25, 0.3) is 5.91 Å². The van der Waals surface area contributed by atoms with Crippen LogP contribution < -0.4 is 0 Å². The largest absolute Gasteiger partial charge is 0.279 e. The van der Waals surface area contributed by atoms with Gasteiger partial charge >= 0.3 is 0 Å². The molecule has 1 aliphatic heterocycles. The summed E-state index contributed by atoms with van der Waals surface area (Å²) in [4.78, 5) is 19.0. The third kappa shape index (κ3) is 3.13. The third-order valence-electron chi connectivity index (χ3n) is 3.34. The lowest BCUT2D eigenvalue weighted by Gasteiger charge is -2.06. The van der Waals surface area contributed by atoms with Crippen LogP contribution in [-0.4, -0.2) is 17.1 Å². The number of amides is 1. The fraction of sp³-hybridized carbons (Fsp3) is 0. The van der Waals surface area contributed by atoms with Crippen molar-refractivity contribution in [3.63, 3.8) is 0 Å². The number of halogens is 4. The molecule has 24 heavy (non-hydrogen) atoms. The number of pyridine rings is 1. The number of aliphatic imine (C=N–C) groups is 1. The molecule has 1 amide bonds. The number of benzene rings is 2. The number of nitrogens with zero attached hydrogens (tertiary/aromatic N) is 2. The minimum Gasteiger partial charge on any atom is -0.267 e. The standard InChI is InChI=1S/C9H7N.C8HCl4NO/c1-2-6-9-8(4-1)5-3-7-10-9;9-4-2-1-13-8(14)3(2)5(10)7(12)6(4)11/h1-7H;1H. The van der Waals surface area contributed by atoms with Gasteiger partial charge in [0.2, 0.25) is 0 Å². The monoisotopic (exact) mass is 396 g/mol. The third-order valence-corrected chi connectivity index (χ3v) is 5.16. The van der Waals surface area contributed by atoms with Crippen molar-refractivity contribution in [1.82, 2.24) is 4.98 Å². The van der Waals surface area contributed by atoms with Gasteiger partial charge in [0.1, 0.15) is 0 Å². The van der Waals surface area contributed by atoms with Crippen LogP contribution in [0, 0.1) is 0 Å². The molecule has 0 saturated heterocycles. The molecule has 0 saturated carbocycles. The maximum atomic E-state index is 11.3. The number of carbonyl (C=O) groups excluding carboxylic acids is 1. The molecule has 2 aromatic carbocycles. The molecule has 0 bridgehead atoms. The number of rotatable bonds is 0. The van der Waals surface area contributed by atoms with Gasteiger partial charge in [-0.2, -0.15) is 0 Å². The predicted octanol–water partition coefficient (Wildman–Crippen LogP) is 6.11. The molecule has 0 N–H and O–H groups in total. The molecule has 0 radical (unpaired) electrons. The molecule has 2 heterocycles. The second-order valence-corrected chi connectivity index (χ2v) is 6.32.